The summed E-state index contributed by atoms with van der Waals surface area (Å²) in [5.74, 6) is -1.45. The minimum Gasteiger partial charge on any atom is -0.480 e. The molecule has 0 radical (unpaired) electrons. The molecule has 0 saturated heterocycles. The van der Waals surface area contributed by atoms with Crippen LogP contribution in [0.3, 0.4) is 0 Å². The standard InChI is InChI=1S/C15H19N3O3/c1-3-10(2)14(15(20)21)17-13(19)8-11-9-18-7-5-4-6-12(18)16-11/h4-7,9-10,14H,3,8H2,1-2H3,(H,17,19)(H,20,21). The van der Waals surface area contributed by atoms with Crippen molar-refractivity contribution in [3.05, 3.63) is 36.3 Å². The third kappa shape index (κ3) is 3.59. The van der Waals surface area contributed by atoms with Crippen LogP contribution in [0.4, 0.5) is 0 Å². The highest BCUT2D eigenvalue weighted by Gasteiger charge is 2.25. The van der Waals surface area contributed by atoms with Crippen molar-refractivity contribution in [2.24, 2.45) is 5.92 Å². The molecule has 1 amide bonds. The molecule has 0 spiro atoms. The van der Waals surface area contributed by atoms with E-state index in [0.717, 1.165) is 5.65 Å². The summed E-state index contributed by atoms with van der Waals surface area (Å²) >= 11 is 0. The summed E-state index contributed by atoms with van der Waals surface area (Å²) in [6.45, 7) is 3.71. The number of carbonyl (C=O) groups excluding carboxylic acids is 1. The fraction of sp³-hybridized carbons (Fsp3) is 0.400. The molecular weight excluding hydrogens is 270 g/mol. The predicted molar refractivity (Wildman–Crippen MR) is 77.9 cm³/mol. The molecule has 112 valence electrons. The van der Waals surface area contributed by atoms with E-state index in [4.69, 9.17) is 5.11 Å². The van der Waals surface area contributed by atoms with Gasteiger partial charge in [-0.25, -0.2) is 9.78 Å². The third-order valence-corrected chi connectivity index (χ3v) is 3.55. The van der Waals surface area contributed by atoms with Gasteiger partial charge in [0.2, 0.25) is 5.91 Å². The summed E-state index contributed by atoms with van der Waals surface area (Å²) in [5, 5.41) is 11.7. The molecule has 0 aromatic carbocycles. The number of amides is 1. The van der Waals surface area contributed by atoms with Crippen molar-refractivity contribution in [1.29, 1.82) is 0 Å². The molecule has 0 bridgehead atoms. The lowest BCUT2D eigenvalue weighted by Crippen LogP contribution is -2.45. The zero-order chi connectivity index (χ0) is 15.4. The molecule has 2 atom stereocenters. The smallest absolute Gasteiger partial charge is 0.326 e. The zero-order valence-corrected chi connectivity index (χ0v) is 12.1. The van der Waals surface area contributed by atoms with Crippen molar-refractivity contribution in [2.45, 2.75) is 32.7 Å². The van der Waals surface area contributed by atoms with Crippen LogP contribution in [-0.4, -0.2) is 32.4 Å². The first-order chi connectivity index (χ1) is 10.0. The first kappa shape index (κ1) is 15.0. The Morgan fingerprint density at radius 2 is 2.19 bits per heavy atom. The van der Waals surface area contributed by atoms with Crippen molar-refractivity contribution >= 4 is 17.5 Å². The van der Waals surface area contributed by atoms with Gasteiger partial charge in [-0.15, -0.1) is 0 Å². The monoisotopic (exact) mass is 289 g/mol. The van der Waals surface area contributed by atoms with Crippen LogP contribution in [0.1, 0.15) is 26.0 Å². The lowest BCUT2D eigenvalue weighted by atomic mass is 9.99. The summed E-state index contributed by atoms with van der Waals surface area (Å²) in [6.07, 6.45) is 4.38. The van der Waals surface area contributed by atoms with Crippen LogP contribution in [0.25, 0.3) is 5.65 Å². The predicted octanol–water partition coefficient (Wildman–Crippen LogP) is 1.49. The van der Waals surface area contributed by atoms with Crippen molar-refractivity contribution < 1.29 is 14.7 Å². The Balaban J connectivity index is 2.05. The molecule has 0 aliphatic heterocycles. The number of nitrogens with zero attached hydrogens (tertiary/aromatic N) is 2. The van der Waals surface area contributed by atoms with E-state index in [1.165, 1.54) is 0 Å². The molecule has 6 nitrogen and oxygen atoms in total. The van der Waals surface area contributed by atoms with Crippen LogP contribution >= 0.6 is 0 Å². The fourth-order valence-electron chi connectivity index (χ4n) is 2.14. The van der Waals surface area contributed by atoms with Crippen molar-refractivity contribution in [3.8, 4) is 0 Å². The summed E-state index contributed by atoms with van der Waals surface area (Å²) in [6, 6.07) is 4.73. The maximum absolute atomic E-state index is 12.0. The van der Waals surface area contributed by atoms with Gasteiger partial charge in [-0.05, 0) is 18.1 Å². The van der Waals surface area contributed by atoms with E-state index < -0.39 is 12.0 Å². The van der Waals surface area contributed by atoms with E-state index in [0.29, 0.717) is 12.1 Å². The minimum atomic E-state index is -1.01. The van der Waals surface area contributed by atoms with Gasteiger partial charge in [0.1, 0.15) is 11.7 Å². The van der Waals surface area contributed by atoms with Gasteiger partial charge in [0.05, 0.1) is 12.1 Å². The average Bonchev–Trinajstić information content (AvgIpc) is 2.85. The lowest BCUT2D eigenvalue weighted by molar-refractivity contribution is -0.143. The second kappa shape index (κ2) is 6.39. The van der Waals surface area contributed by atoms with Crippen molar-refractivity contribution in [1.82, 2.24) is 14.7 Å². The Hall–Kier alpha value is -2.37. The Morgan fingerprint density at radius 1 is 1.43 bits per heavy atom. The number of pyridine rings is 1. The fourth-order valence-corrected chi connectivity index (χ4v) is 2.14. The van der Waals surface area contributed by atoms with E-state index in [9.17, 15) is 9.59 Å². The Bertz CT molecular complexity index is 617. The van der Waals surface area contributed by atoms with Gasteiger partial charge in [0, 0.05) is 12.4 Å². The summed E-state index contributed by atoms with van der Waals surface area (Å²) in [4.78, 5) is 27.5. The lowest BCUT2D eigenvalue weighted by Gasteiger charge is -2.19. The zero-order valence-electron chi connectivity index (χ0n) is 12.1. The number of hydrogen-bond donors (Lipinski definition) is 2. The normalized spacial score (nSPS) is 13.8. The summed E-state index contributed by atoms with van der Waals surface area (Å²) in [7, 11) is 0. The van der Waals surface area contributed by atoms with Gasteiger partial charge < -0.3 is 14.8 Å². The number of aliphatic carboxylic acids is 1. The highest BCUT2D eigenvalue weighted by atomic mass is 16.4. The highest BCUT2D eigenvalue weighted by molar-refractivity contribution is 5.84. The maximum atomic E-state index is 12.0. The molecule has 2 aromatic rings. The summed E-state index contributed by atoms with van der Waals surface area (Å²) < 4.78 is 1.83. The quantitative estimate of drug-likeness (QED) is 0.844. The van der Waals surface area contributed by atoms with E-state index >= 15 is 0 Å². The van der Waals surface area contributed by atoms with Crippen LogP contribution in [0.5, 0.6) is 0 Å². The van der Waals surface area contributed by atoms with E-state index in [2.05, 4.69) is 10.3 Å². The van der Waals surface area contributed by atoms with Crippen LogP contribution in [-0.2, 0) is 16.0 Å². The van der Waals surface area contributed by atoms with E-state index in [1.807, 2.05) is 42.6 Å². The first-order valence-corrected chi connectivity index (χ1v) is 6.96. The largest absolute Gasteiger partial charge is 0.480 e. The molecule has 2 rings (SSSR count). The molecule has 2 unspecified atom stereocenters. The maximum Gasteiger partial charge on any atom is 0.326 e. The van der Waals surface area contributed by atoms with Crippen LogP contribution in [0.2, 0.25) is 0 Å². The number of carboxylic acids is 1. The number of fused-ring (bicyclic) bond motifs is 1. The van der Waals surface area contributed by atoms with Gasteiger partial charge in [0.15, 0.2) is 0 Å². The number of rotatable bonds is 6. The number of imidazole rings is 1. The number of aromatic nitrogens is 2. The second-order valence-corrected chi connectivity index (χ2v) is 5.14. The molecule has 0 aliphatic carbocycles. The number of nitrogens with one attached hydrogen (secondary N) is 1. The average molecular weight is 289 g/mol. The molecule has 2 aromatic heterocycles. The van der Waals surface area contributed by atoms with Crippen LogP contribution in [0.15, 0.2) is 30.6 Å². The first-order valence-electron chi connectivity index (χ1n) is 6.96. The van der Waals surface area contributed by atoms with E-state index in [-0.39, 0.29) is 18.2 Å². The highest BCUT2D eigenvalue weighted by Crippen LogP contribution is 2.09. The van der Waals surface area contributed by atoms with E-state index in [1.54, 1.807) is 6.20 Å². The molecule has 2 heterocycles. The molecule has 2 N–H and O–H groups in total. The molecular formula is C15H19N3O3. The van der Waals surface area contributed by atoms with Crippen LogP contribution in [0, 0.1) is 5.92 Å². The Morgan fingerprint density at radius 3 is 2.81 bits per heavy atom. The Labute approximate surface area is 122 Å². The molecule has 0 saturated carbocycles. The van der Waals surface area contributed by atoms with Gasteiger partial charge in [-0.3, -0.25) is 4.79 Å². The number of hydrogen-bond acceptors (Lipinski definition) is 3. The molecule has 6 heteroatoms. The van der Waals surface area contributed by atoms with Gasteiger partial charge >= 0.3 is 5.97 Å². The van der Waals surface area contributed by atoms with Crippen LogP contribution < -0.4 is 5.32 Å². The molecule has 0 fully saturated rings. The van der Waals surface area contributed by atoms with Crippen molar-refractivity contribution in [3.63, 3.8) is 0 Å². The minimum absolute atomic E-state index is 0.0713. The second-order valence-electron chi connectivity index (χ2n) is 5.14. The Kier molecular flexibility index (Phi) is 4.57. The number of carboxylic acid groups (broad SMARTS) is 1. The molecule has 0 aliphatic rings. The number of carbonyl (C=O) groups is 2. The summed E-state index contributed by atoms with van der Waals surface area (Å²) in [5.41, 5.74) is 1.38. The SMILES string of the molecule is CCC(C)C(NC(=O)Cc1cn2ccccc2n1)C(=O)O. The van der Waals surface area contributed by atoms with Gasteiger partial charge in [-0.1, -0.05) is 26.3 Å². The molecule has 21 heavy (non-hydrogen) atoms. The van der Waals surface area contributed by atoms with Gasteiger partial charge in [0.25, 0.3) is 0 Å². The third-order valence-electron chi connectivity index (χ3n) is 3.55. The topological polar surface area (TPSA) is 83.7 Å². The van der Waals surface area contributed by atoms with Gasteiger partial charge in [-0.2, -0.15) is 0 Å². The van der Waals surface area contributed by atoms with Crippen molar-refractivity contribution in [2.75, 3.05) is 0 Å².